The number of carboxylic acid groups (broad SMARTS) is 1. The molecule has 0 atom stereocenters. The predicted octanol–water partition coefficient (Wildman–Crippen LogP) is 2.18. The SMILES string of the molecule is Cc1nccn1CCSCC1(CC(=O)O)CC1. The summed E-state index contributed by atoms with van der Waals surface area (Å²) in [5.74, 6) is 2.39. The van der Waals surface area contributed by atoms with E-state index in [4.69, 9.17) is 5.11 Å². The van der Waals surface area contributed by atoms with Gasteiger partial charge in [0.15, 0.2) is 0 Å². The van der Waals surface area contributed by atoms with Crippen molar-refractivity contribution in [2.45, 2.75) is 32.7 Å². The minimum absolute atomic E-state index is 0.112. The predicted molar refractivity (Wildman–Crippen MR) is 68.2 cm³/mol. The Morgan fingerprint density at radius 2 is 2.41 bits per heavy atom. The van der Waals surface area contributed by atoms with Gasteiger partial charge in [-0.1, -0.05) is 0 Å². The van der Waals surface area contributed by atoms with Crippen molar-refractivity contribution in [3.05, 3.63) is 18.2 Å². The van der Waals surface area contributed by atoms with Crippen molar-refractivity contribution < 1.29 is 9.90 Å². The molecule has 1 aromatic rings. The molecule has 1 heterocycles. The molecule has 0 bridgehead atoms. The number of hydrogen-bond donors (Lipinski definition) is 1. The van der Waals surface area contributed by atoms with Crippen LogP contribution in [0.3, 0.4) is 0 Å². The van der Waals surface area contributed by atoms with Crippen LogP contribution in [0.4, 0.5) is 0 Å². The average Bonchev–Trinajstić information content (AvgIpc) is 2.88. The number of aryl methyl sites for hydroxylation is 2. The second-order valence-corrected chi connectivity index (χ2v) is 5.90. The Morgan fingerprint density at radius 1 is 1.65 bits per heavy atom. The number of carboxylic acids is 1. The molecule has 1 saturated carbocycles. The number of thioether (sulfide) groups is 1. The number of imidazole rings is 1. The first kappa shape index (κ1) is 12.5. The molecule has 17 heavy (non-hydrogen) atoms. The Labute approximate surface area is 105 Å². The van der Waals surface area contributed by atoms with Gasteiger partial charge in [0.2, 0.25) is 0 Å². The molecule has 1 aliphatic carbocycles. The summed E-state index contributed by atoms with van der Waals surface area (Å²) in [5.41, 5.74) is 0.112. The van der Waals surface area contributed by atoms with Crippen molar-refractivity contribution >= 4 is 17.7 Å². The third kappa shape index (κ3) is 3.49. The second kappa shape index (κ2) is 5.12. The summed E-state index contributed by atoms with van der Waals surface area (Å²) in [6, 6.07) is 0. The molecule has 0 amide bonds. The normalized spacial score (nSPS) is 17.0. The van der Waals surface area contributed by atoms with Crippen LogP contribution in [0.5, 0.6) is 0 Å². The molecule has 94 valence electrons. The van der Waals surface area contributed by atoms with Crippen LogP contribution in [0, 0.1) is 12.3 Å². The van der Waals surface area contributed by atoms with E-state index >= 15 is 0 Å². The lowest BCUT2D eigenvalue weighted by Gasteiger charge is -2.12. The lowest BCUT2D eigenvalue weighted by Crippen LogP contribution is -2.12. The van der Waals surface area contributed by atoms with Crippen molar-refractivity contribution in [2.75, 3.05) is 11.5 Å². The van der Waals surface area contributed by atoms with E-state index in [2.05, 4.69) is 9.55 Å². The van der Waals surface area contributed by atoms with E-state index in [9.17, 15) is 4.79 Å². The molecule has 5 heteroatoms. The Bertz CT molecular complexity index is 399. The third-order valence-corrected chi connectivity index (χ3v) is 4.58. The fourth-order valence-electron chi connectivity index (χ4n) is 1.96. The van der Waals surface area contributed by atoms with E-state index in [0.29, 0.717) is 6.42 Å². The highest BCUT2D eigenvalue weighted by molar-refractivity contribution is 7.99. The van der Waals surface area contributed by atoms with Gasteiger partial charge < -0.3 is 9.67 Å². The molecule has 0 unspecified atom stereocenters. The molecule has 0 saturated heterocycles. The molecular weight excluding hydrogens is 236 g/mol. The highest BCUT2D eigenvalue weighted by Crippen LogP contribution is 2.50. The minimum atomic E-state index is -0.659. The van der Waals surface area contributed by atoms with E-state index in [-0.39, 0.29) is 5.41 Å². The summed E-state index contributed by atoms with van der Waals surface area (Å²) < 4.78 is 2.13. The van der Waals surface area contributed by atoms with Crippen molar-refractivity contribution in [3.63, 3.8) is 0 Å². The first-order valence-corrected chi connectivity index (χ1v) is 7.04. The maximum atomic E-state index is 10.7. The molecular formula is C12H18N2O2S. The van der Waals surface area contributed by atoms with Gasteiger partial charge in [0.25, 0.3) is 0 Å². The first-order valence-electron chi connectivity index (χ1n) is 5.89. The van der Waals surface area contributed by atoms with Gasteiger partial charge in [-0.05, 0) is 30.9 Å². The Hall–Kier alpha value is -0.970. The van der Waals surface area contributed by atoms with Crippen LogP contribution in [0.1, 0.15) is 25.1 Å². The van der Waals surface area contributed by atoms with Gasteiger partial charge in [0, 0.05) is 24.7 Å². The van der Waals surface area contributed by atoms with Crippen LogP contribution >= 0.6 is 11.8 Å². The van der Waals surface area contributed by atoms with Crippen molar-refractivity contribution in [2.24, 2.45) is 5.41 Å². The Balaban J connectivity index is 1.67. The Kier molecular flexibility index (Phi) is 3.76. The van der Waals surface area contributed by atoms with Gasteiger partial charge in [0.05, 0.1) is 6.42 Å². The number of aliphatic carboxylic acids is 1. The zero-order valence-electron chi connectivity index (χ0n) is 10.1. The largest absolute Gasteiger partial charge is 0.481 e. The molecule has 0 aromatic carbocycles. The molecule has 2 rings (SSSR count). The standard InChI is InChI=1S/C12H18N2O2S/c1-10-13-4-5-14(10)6-7-17-9-12(2-3-12)8-11(15)16/h4-5H,2-3,6-9H2,1H3,(H,15,16). The molecule has 0 radical (unpaired) electrons. The number of carbonyl (C=O) groups is 1. The number of rotatable bonds is 7. The van der Waals surface area contributed by atoms with E-state index in [1.54, 1.807) is 0 Å². The minimum Gasteiger partial charge on any atom is -0.481 e. The van der Waals surface area contributed by atoms with Crippen LogP contribution in [-0.4, -0.2) is 32.1 Å². The van der Waals surface area contributed by atoms with E-state index < -0.39 is 5.97 Å². The summed E-state index contributed by atoms with van der Waals surface area (Å²) in [6.07, 6.45) is 6.30. The van der Waals surface area contributed by atoms with Gasteiger partial charge in [-0.2, -0.15) is 11.8 Å². The summed E-state index contributed by atoms with van der Waals surface area (Å²) in [4.78, 5) is 14.9. The summed E-state index contributed by atoms with van der Waals surface area (Å²) >= 11 is 1.86. The monoisotopic (exact) mass is 254 g/mol. The molecule has 1 fully saturated rings. The number of aromatic nitrogens is 2. The average molecular weight is 254 g/mol. The summed E-state index contributed by atoms with van der Waals surface area (Å²) in [6.45, 7) is 2.96. The third-order valence-electron chi connectivity index (χ3n) is 3.29. The van der Waals surface area contributed by atoms with Crippen molar-refractivity contribution in [3.8, 4) is 0 Å². The molecule has 0 spiro atoms. The highest BCUT2D eigenvalue weighted by atomic mass is 32.2. The number of hydrogen-bond acceptors (Lipinski definition) is 3. The van der Waals surface area contributed by atoms with E-state index in [1.807, 2.05) is 31.1 Å². The quantitative estimate of drug-likeness (QED) is 0.758. The topological polar surface area (TPSA) is 55.1 Å². The van der Waals surface area contributed by atoms with Gasteiger partial charge in [-0.25, -0.2) is 4.98 Å². The molecule has 0 aliphatic heterocycles. The van der Waals surface area contributed by atoms with Crippen molar-refractivity contribution in [1.82, 2.24) is 9.55 Å². The van der Waals surface area contributed by atoms with E-state index in [1.165, 1.54) is 0 Å². The Morgan fingerprint density at radius 3 is 2.94 bits per heavy atom. The summed E-state index contributed by atoms with van der Waals surface area (Å²) in [5, 5.41) is 8.81. The van der Waals surface area contributed by atoms with Crippen LogP contribution < -0.4 is 0 Å². The van der Waals surface area contributed by atoms with Crippen molar-refractivity contribution in [1.29, 1.82) is 0 Å². The van der Waals surface area contributed by atoms with Gasteiger partial charge in [-0.15, -0.1) is 0 Å². The molecule has 1 aliphatic rings. The number of nitrogens with zero attached hydrogens (tertiary/aromatic N) is 2. The highest BCUT2D eigenvalue weighted by Gasteiger charge is 2.43. The van der Waals surface area contributed by atoms with Gasteiger partial charge >= 0.3 is 5.97 Å². The maximum absolute atomic E-state index is 10.7. The molecule has 1 aromatic heterocycles. The van der Waals surface area contributed by atoms with Crippen LogP contribution in [0.2, 0.25) is 0 Å². The zero-order valence-corrected chi connectivity index (χ0v) is 10.9. The van der Waals surface area contributed by atoms with E-state index in [0.717, 1.165) is 36.7 Å². The summed E-state index contributed by atoms with van der Waals surface area (Å²) in [7, 11) is 0. The van der Waals surface area contributed by atoms with Crippen LogP contribution in [-0.2, 0) is 11.3 Å². The fraction of sp³-hybridized carbons (Fsp3) is 0.667. The van der Waals surface area contributed by atoms with Crippen LogP contribution in [0.15, 0.2) is 12.4 Å². The van der Waals surface area contributed by atoms with Gasteiger partial charge in [-0.3, -0.25) is 4.79 Å². The fourth-order valence-corrected chi connectivity index (χ4v) is 3.26. The lowest BCUT2D eigenvalue weighted by molar-refractivity contribution is -0.138. The lowest BCUT2D eigenvalue weighted by atomic mass is 10.1. The van der Waals surface area contributed by atoms with Crippen LogP contribution in [0.25, 0.3) is 0 Å². The first-order chi connectivity index (χ1) is 8.11. The molecule has 1 N–H and O–H groups in total. The zero-order chi connectivity index (χ0) is 12.3. The molecule has 4 nitrogen and oxygen atoms in total. The second-order valence-electron chi connectivity index (χ2n) is 4.79. The van der Waals surface area contributed by atoms with Gasteiger partial charge in [0.1, 0.15) is 5.82 Å². The maximum Gasteiger partial charge on any atom is 0.303 e. The smallest absolute Gasteiger partial charge is 0.303 e.